The van der Waals surface area contributed by atoms with E-state index < -0.39 is 5.97 Å². The third kappa shape index (κ3) is 3.06. The number of imidazole rings is 1. The highest BCUT2D eigenvalue weighted by Gasteiger charge is 2.10. The maximum absolute atomic E-state index is 11.0. The molecule has 0 bridgehead atoms. The van der Waals surface area contributed by atoms with Gasteiger partial charge in [-0.2, -0.15) is 0 Å². The molecular weight excluding hydrogens is 268 g/mol. The van der Waals surface area contributed by atoms with Gasteiger partial charge in [0, 0.05) is 6.54 Å². The first kappa shape index (κ1) is 13.4. The van der Waals surface area contributed by atoms with Gasteiger partial charge in [-0.25, -0.2) is 9.78 Å². The molecule has 1 heterocycles. The van der Waals surface area contributed by atoms with E-state index in [1.165, 1.54) is 12.1 Å². The molecule has 0 fully saturated rings. The van der Waals surface area contributed by atoms with Gasteiger partial charge in [-0.1, -0.05) is 11.6 Å². The van der Waals surface area contributed by atoms with Crippen LogP contribution in [0.5, 0.6) is 5.75 Å². The Morgan fingerprint density at radius 2 is 2.32 bits per heavy atom. The molecule has 2 aromatic rings. The molecule has 1 aromatic heterocycles. The number of nitrogens with zero attached hydrogens (tertiary/aromatic N) is 2. The second-order valence-electron chi connectivity index (χ2n) is 3.91. The number of benzene rings is 1. The van der Waals surface area contributed by atoms with Crippen molar-refractivity contribution in [2.75, 3.05) is 0 Å². The third-order valence-corrected chi connectivity index (χ3v) is 3.02. The summed E-state index contributed by atoms with van der Waals surface area (Å²) < 4.78 is 7.51. The van der Waals surface area contributed by atoms with E-state index in [-0.39, 0.29) is 10.6 Å². The van der Waals surface area contributed by atoms with Crippen LogP contribution in [-0.2, 0) is 13.2 Å². The van der Waals surface area contributed by atoms with E-state index in [9.17, 15) is 4.79 Å². The van der Waals surface area contributed by atoms with Crippen LogP contribution >= 0.6 is 11.6 Å². The van der Waals surface area contributed by atoms with Crippen molar-refractivity contribution in [3.05, 3.63) is 47.0 Å². The molecule has 0 aliphatic carbocycles. The normalized spacial score (nSPS) is 10.4. The van der Waals surface area contributed by atoms with Crippen molar-refractivity contribution < 1.29 is 14.6 Å². The molecule has 0 aliphatic heterocycles. The zero-order valence-electron chi connectivity index (χ0n) is 10.3. The fourth-order valence-electron chi connectivity index (χ4n) is 1.67. The second-order valence-corrected chi connectivity index (χ2v) is 4.31. The first-order chi connectivity index (χ1) is 9.11. The summed E-state index contributed by atoms with van der Waals surface area (Å²) in [6.45, 7) is 3.14. The van der Waals surface area contributed by atoms with E-state index in [4.69, 9.17) is 21.4 Å². The standard InChI is InChI=1S/C13H13ClN2O3/c1-2-16-8-15-6-9(16)7-19-10-3-4-12(14)11(5-10)13(17)18/h3-6,8H,2,7H2,1H3,(H,17,18). The minimum atomic E-state index is -1.07. The predicted octanol–water partition coefficient (Wildman–Crippen LogP) is 2.83. The van der Waals surface area contributed by atoms with Crippen LogP contribution in [0, 0.1) is 0 Å². The number of hydrogen-bond donors (Lipinski definition) is 1. The number of halogens is 1. The molecule has 0 atom stereocenters. The van der Waals surface area contributed by atoms with E-state index in [2.05, 4.69) is 4.98 Å². The van der Waals surface area contributed by atoms with Crippen LogP contribution < -0.4 is 4.74 Å². The number of aromatic carboxylic acids is 1. The van der Waals surface area contributed by atoms with E-state index in [1.54, 1.807) is 18.6 Å². The molecule has 5 nitrogen and oxygen atoms in total. The first-order valence-corrected chi connectivity index (χ1v) is 6.14. The molecule has 0 saturated heterocycles. The molecule has 0 unspecified atom stereocenters. The van der Waals surface area contributed by atoms with Crippen molar-refractivity contribution >= 4 is 17.6 Å². The van der Waals surface area contributed by atoms with Crippen LogP contribution in [0.15, 0.2) is 30.7 Å². The quantitative estimate of drug-likeness (QED) is 0.915. The van der Waals surface area contributed by atoms with Crippen molar-refractivity contribution in [3.8, 4) is 5.75 Å². The second kappa shape index (κ2) is 5.75. The first-order valence-electron chi connectivity index (χ1n) is 5.76. The molecule has 1 N–H and O–H groups in total. The van der Waals surface area contributed by atoms with Gasteiger partial charge in [0.25, 0.3) is 0 Å². The molecule has 0 spiro atoms. The Bertz CT molecular complexity index is 595. The summed E-state index contributed by atoms with van der Waals surface area (Å²) in [5, 5.41) is 9.16. The van der Waals surface area contributed by atoms with E-state index >= 15 is 0 Å². The molecule has 0 radical (unpaired) electrons. The highest BCUT2D eigenvalue weighted by atomic mass is 35.5. The monoisotopic (exact) mass is 280 g/mol. The largest absolute Gasteiger partial charge is 0.487 e. The number of carboxylic acid groups (broad SMARTS) is 1. The van der Waals surface area contributed by atoms with Gasteiger partial charge in [0.2, 0.25) is 0 Å². The fourth-order valence-corrected chi connectivity index (χ4v) is 1.87. The molecule has 2 rings (SSSR count). The topological polar surface area (TPSA) is 64.4 Å². The lowest BCUT2D eigenvalue weighted by Crippen LogP contribution is -2.04. The zero-order chi connectivity index (χ0) is 13.8. The lowest BCUT2D eigenvalue weighted by molar-refractivity contribution is 0.0696. The number of ether oxygens (including phenoxy) is 1. The lowest BCUT2D eigenvalue weighted by atomic mass is 10.2. The van der Waals surface area contributed by atoms with Gasteiger partial charge >= 0.3 is 5.97 Å². The molecular formula is C13H13ClN2O3. The number of carbonyl (C=O) groups is 1. The summed E-state index contributed by atoms with van der Waals surface area (Å²) in [6.07, 6.45) is 3.45. The summed E-state index contributed by atoms with van der Waals surface area (Å²) in [6, 6.07) is 4.57. The Morgan fingerprint density at radius 1 is 1.53 bits per heavy atom. The number of hydrogen-bond acceptors (Lipinski definition) is 3. The average Bonchev–Trinajstić information content (AvgIpc) is 2.84. The summed E-state index contributed by atoms with van der Waals surface area (Å²) >= 11 is 5.79. The van der Waals surface area contributed by atoms with Crippen LogP contribution in [0.3, 0.4) is 0 Å². The van der Waals surface area contributed by atoms with Gasteiger partial charge in [0.1, 0.15) is 12.4 Å². The van der Waals surface area contributed by atoms with Gasteiger partial charge in [0.05, 0.1) is 28.8 Å². The number of rotatable bonds is 5. The van der Waals surface area contributed by atoms with Crippen LogP contribution in [-0.4, -0.2) is 20.6 Å². The van der Waals surface area contributed by atoms with Gasteiger partial charge in [-0.05, 0) is 25.1 Å². The molecule has 0 saturated carbocycles. The summed E-state index contributed by atoms with van der Waals surface area (Å²) in [7, 11) is 0. The Kier molecular flexibility index (Phi) is 4.06. The van der Waals surface area contributed by atoms with Crippen molar-refractivity contribution in [2.45, 2.75) is 20.1 Å². The van der Waals surface area contributed by atoms with Crippen LogP contribution in [0.25, 0.3) is 0 Å². The van der Waals surface area contributed by atoms with Crippen LogP contribution in [0.1, 0.15) is 23.0 Å². The zero-order valence-corrected chi connectivity index (χ0v) is 11.1. The maximum Gasteiger partial charge on any atom is 0.337 e. The Balaban J connectivity index is 2.12. The van der Waals surface area contributed by atoms with Crippen molar-refractivity contribution in [1.29, 1.82) is 0 Å². The van der Waals surface area contributed by atoms with Crippen molar-refractivity contribution in [2.24, 2.45) is 0 Å². The highest BCUT2D eigenvalue weighted by Crippen LogP contribution is 2.22. The third-order valence-electron chi connectivity index (χ3n) is 2.69. The van der Waals surface area contributed by atoms with Crippen molar-refractivity contribution in [1.82, 2.24) is 9.55 Å². The maximum atomic E-state index is 11.0. The summed E-state index contributed by atoms with van der Waals surface area (Å²) in [5.74, 6) is -0.611. The molecule has 0 amide bonds. The van der Waals surface area contributed by atoms with Gasteiger partial charge in [0.15, 0.2) is 0 Å². The summed E-state index contributed by atoms with van der Waals surface area (Å²) in [4.78, 5) is 15.0. The molecule has 19 heavy (non-hydrogen) atoms. The number of aryl methyl sites for hydroxylation is 1. The van der Waals surface area contributed by atoms with Crippen LogP contribution in [0.4, 0.5) is 0 Å². The van der Waals surface area contributed by atoms with Crippen molar-refractivity contribution in [3.63, 3.8) is 0 Å². The SMILES string of the molecule is CCn1cncc1COc1ccc(Cl)c(C(=O)O)c1. The number of carboxylic acids is 1. The highest BCUT2D eigenvalue weighted by molar-refractivity contribution is 6.33. The Hall–Kier alpha value is -2.01. The Labute approximate surface area is 115 Å². The molecule has 0 aliphatic rings. The van der Waals surface area contributed by atoms with E-state index in [0.29, 0.717) is 12.4 Å². The smallest absolute Gasteiger partial charge is 0.337 e. The van der Waals surface area contributed by atoms with Gasteiger partial charge < -0.3 is 14.4 Å². The fraction of sp³-hybridized carbons (Fsp3) is 0.231. The summed E-state index contributed by atoms with van der Waals surface area (Å²) in [5.41, 5.74) is 0.956. The minimum absolute atomic E-state index is 0.0307. The predicted molar refractivity (Wildman–Crippen MR) is 70.6 cm³/mol. The minimum Gasteiger partial charge on any atom is -0.487 e. The molecule has 6 heteroatoms. The lowest BCUT2D eigenvalue weighted by Gasteiger charge is -2.09. The molecule has 1 aromatic carbocycles. The average molecular weight is 281 g/mol. The van der Waals surface area contributed by atoms with E-state index in [0.717, 1.165) is 12.2 Å². The van der Waals surface area contributed by atoms with Gasteiger partial charge in [-0.3, -0.25) is 0 Å². The van der Waals surface area contributed by atoms with Crippen LogP contribution in [0.2, 0.25) is 5.02 Å². The Morgan fingerprint density at radius 3 is 3.00 bits per heavy atom. The van der Waals surface area contributed by atoms with Gasteiger partial charge in [-0.15, -0.1) is 0 Å². The number of aromatic nitrogens is 2. The van der Waals surface area contributed by atoms with E-state index in [1.807, 2.05) is 11.5 Å². The molecule has 100 valence electrons.